The van der Waals surface area contributed by atoms with Crippen molar-refractivity contribution in [3.8, 4) is 0 Å². The Morgan fingerprint density at radius 3 is 2.74 bits per heavy atom. The van der Waals surface area contributed by atoms with Gasteiger partial charge >= 0.3 is 0 Å². The van der Waals surface area contributed by atoms with E-state index in [4.69, 9.17) is 4.74 Å². The summed E-state index contributed by atoms with van der Waals surface area (Å²) < 4.78 is 6.89. The summed E-state index contributed by atoms with van der Waals surface area (Å²) in [6, 6.07) is -0.119. The zero-order valence-corrected chi connectivity index (χ0v) is 12.4. The van der Waals surface area contributed by atoms with E-state index in [1.165, 1.54) is 6.33 Å². The SMILES string of the molecule is CC[C@@H](NC(=O)C(C)(C)COC)c1ncnn1CC. The summed E-state index contributed by atoms with van der Waals surface area (Å²) in [7, 11) is 1.60. The van der Waals surface area contributed by atoms with Crippen LogP contribution in [0.15, 0.2) is 6.33 Å². The van der Waals surface area contributed by atoms with Crippen molar-refractivity contribution < 1.29 is 9.53 Å². The number of amides is 1. The van der Waals surface area contributed by atoms with E-state index in [0.29, 0.717) is 6.61 Å². The highest BCUT2D eigenvalue weighted by Crippen LogP contribution is 2.20. The standard InChI is InChI=1S/C13H24N4O2/c1-6-10(11-14-9-15-17(11)7-2)16-12(18)13(3,4)8-19-5/h9-10H,6-8H2,1-5H3,(H,16,18)/t10-/m1/s1. The molecule has 1 N–H and O–H groups in total. The Bertz CT molecular complexity index is 415. The number of rotatable bonds is 7. The van der Waals surface area contributed by atoms with Crippen LogP contribution in [0.5, 0.6) is 0 Å². The maximum absolute atomic E-state index is 12.3. The molecule has 1 heterocycles. The van der Waals surface area contributed by atoms with Gasteiger partial charge in [-0.15, -0.1) is 0 Å². The molecule has 6 nitrogen and oxygen atoms in total. The third-order valence-electron chi connectivity index (χ3n) is 3.09. The second-order valence-corrected chi connectivity index (χ2v) is 5.19. The van der Waals surface area contributed by atoms with Crippen molar-refractivity contribution >= 4 is 5.91 Å². The largest absolute Gasteiger partial charge is 0.384 e. The van der Waals surface area contributed by atoms with Gasteiger partial charge < -0.3 is 10.1 Å². The van der Waals surface area contributed by atoms with Crippen molar-refractivity contribution in [1.29, 1.82) is 0 Å². The minimum Gasteiger partial charge on any atom is -0.384 e. The van der Waals surface area contributed by atoms with Gasteiger partial charge in [0.2, 0.25) is 5.91 Å². The summed E-state index contributed by atoms with van der Waals surface area (Å²) in [5, 5.41) is 7.17. The number of hydrogen-bond acceptors (Lipinski definition) is 4. The first kappa shape index (κ1) is 15.6. The Morgan fingerprint density at radius 2 is 2.21 bits per heavy atom. The zero-order valence-electron chi connectivity index (χ0n) is 12.4. The minimum absolute atomic E-state index is 0.0353. The van der Waals surface area contributed by atoms with Gasteiger partial charge in [-0.3, -0.25) is 4.79 Å². The fraction of sp³-hybridized carbons (Fsp3) is 0.769. The summed E-state index contributed by atoms with van der Waals surface area (Å²) in [5.74, 6) is 0.762. The third-order valence-corrected chi connectivity index (χ3v) is 3.09. The lowest BCUT2D eigenvalue weighted by Crippen LogP contribution is -2.42. The van der Waals surface area contributed by atoms with Crippen LogP contribution in [0.1, 0.15) is 46.0 Å². The molecule has 0 unspecified atom stereocenters. The van der Waals surface area contributed by atoms with E-state index in [2.05, 4.69) is 15.4 Å². The van der Waals surface area contributed by atoms with Gasteiger partial charge in [-0.2, -0.15) is 5.10 Å². The molecule has 108 valence electrons. The number of hydrogen-bond donors (Lipinski definition) is 1. The summed E-state index contributed by atoms with van der Waals surface area (Å²) in [6.45, 7) is 8.87. The lowest BCUT2D eigenvalue weighted by atomic mass is 9.93. The monoisotopic (exact) mass is 268 g/mol. The van der Waals surface area contributed by atoms with Gasteiger partial charge in [0, 0.05) is 13.7 Å². The van der Waals surface area contributed by atoms with Crippen LogP contribution < -0.4 is 5.32 Å². The molecule has 19 heavy (non-hydrogen) atoms. The fourth-order valence-corrected chi connectivity index (χ4v) is 1.92. The smallest absolute Gasteiger partial charge is 0.228 e. The summed E-state index contributed by atoms with van der Waals surface area (Å²) in [4.78, 5) is 16.5. The Hall–Kier alpha value is -1.43. The molecule has 1 rings (SSSR count). The van der Waals surface area contributed by atoms with Crippen molar-refractivity contribution in [3.05, 3.63) is 12.2 Å². The Balaban J connectivity index is 2.80. The van der Waals surface area contributed by atoms with Gasteiger partial charge in [0.1, 0.15) is 12.2 Å². The van der Waals surface area contributed by atoms with Crippen LogP contribution in [0.4, 0.5) is 0 Å². The number of methoxy groups -OCH3 is 1. The topological polar surface area (TPSA) is 69.0 Å². The highest BCUT2D eigenvalue weighted by molar-refractivity contribution is 5.82. The second-order valence-electron chi connectivity index (χ2n) is 5.19. The molecule has 0 aliphatic rings. The molecule has 0 saturated carbocycles. The maximum Gasteiger partial charge on any atom is 0.228 e. The van der Waals surface area contributed by atoms with E-state index in [0.717, 1.165) is 18.8 Å². The normalized spacial score (nSPS) is 13.3. The molecule has 0 saturated heterocycles. The summed E-state index contributed by atoms with van der Waals surface area (Å²) in [5.41, 5.74) is -0.556. The molecule has 1 aromatic heterocycles. The van der Waals surface area contributed by atoms with Crippen molar-refractivity contribution in [2.24, 2.45) is 5.41 Å². The first-order chi connectivity index (χ1) is 8.96. The van der Waals surface area contributed by atoms with Crippen LogP contribution in [0.25, 0.3) is 0 Å². The number of aromatic nitrogens is 3. The number of carbonyl (C=O) groups excluding carboxylic acids is 1. The van der Waals surface area contributed by atoms with E-state index >= 15 is 0 Å². The second kappa shape index (κ2) is 6.65. The van der Waals surface area contributed by atoms with E-state index in [-0.39, 0.29) is 11.9 Å². The van der Waals surface area contributed by atoms with Gasteiger partial charge in [0.05, 0.1) is 18.1 Å². The molecule has 0 bridgehead atoms. The highest BCUT2D eigenvalue weighted by atomic mass is 16.5. The summed E-state index contributed by atoms with van der Waals surface area (Å²) in [6.07, 6.45) is 2.29. The van der Waals surface area contributed by atoms with Crippen molar-refractivity contribution in [2.75, 3.05) is 13.7 Å². The first-order valence-electron chi connectivity index (χ1n) is 6.63. The third kappa shape index (κ3) is 3.76. The van der Waals surface area contributed by atoms with E-state index in [9.17, 15) is 4.79 Å². The van der Waals surface area contributed by atoms with Crippen LogP contribution >= 0.6 is 0 Å². The molecule has 6 heteroatoms. The van der Waals surface area contributed by atoms with Crippen LogP contribution in [-0.2, 0) is 16.1 Å². The van der Waals surface area contributed by atoms with Crippen LogP contribution in [0, 0.1) is 5.41 Å². The lowest BCUT2D eigenvalue weighted by molar-refractivity contribution is -0.132. The molecular weight excluding hydrogens is 244 g/mol. The quantitative estimate of drug-likeness (QED) is 0.814. The molecule has 1 aromatic rings. The predicted octanol–water partition coefficient (Wildman–Crippen LogP) is 1.54. The van der Waals surface area contributed by atoms with Gasteiger partial charge in [-0.1, -0.05) is 6.92 Å². The molecular formula is C13H24N4O2. The molecule has 1 atom stereocenters. The number of carbonyl (C=O) groups is 1. The fourth-order valence-electron chi connectivity index (χ4n) is 1.92. The molecule has 0 aliphatic heterocycles. The van der Waals surface area contributed by atoms with E-state index < -0.39 is 5.41 Å². The van der Waals surface area contributed by atoms with Crippen molar-refractivity contribution in [3.63, 3.8) is 0 Å². The molecule has 0 radical (unpaired) electrons. The van der Waals surface area contributed by atoms with Gasteiger partial charge in [0.15, 0.2) is 0 Å². The number of ether oxygens (including phenoxy) is 1. The minimum atomic E-state index is -0.556. The first-order valence-corrected chi connectivity index (χ1v) is 6.63. The highest BCUT2D eigenvalue weighted by Gasteiger charge is 2.30. The predicted molar refractivity (Wildman–Crippen MR) is 72.5 cm³/mol. The number of nitrogens with one attached hydrogen (secondary N) is 1. The maximum atomic E-state index is 12.3. The Kier molecular flexibility index (Phi) is 5.47. The van der Waals surface area contributed by atoms with Crippen molar-refractivity contribution in [2.45, 2.75) is 46.7 Å². The van der Waals surface area contributed by atoms with Crippen LogP contribution in [-0.4, -0.2) is 34.4 Å². The summed E-state index contributed by atoms with van der Waals surface area (Å²) >= 11 is 0. The van der Waals surface area contributed by atoms with Crippen LogP contribution in [0.2, 0.25) is 0 Å². The van der Waals surface area contributed by atoms with E-state index in [1.54, 1.807) is 11.8 Å². The molecule has 0 aliphatic carbocycles. The average molecular weight is 268 g/mol. The number of nitrogens with zero attached hydrogens (tertiary/aromatic N) is 3. The molecule has 0 aromatic carbocycles. The van der Waals surface area contributed by atoms with Gasteiger partial charge in [0.25, 0.3) is 0 Å². The van der Waals surface area contributed by atoms with Gasteiger partial charge in [-0.25, -0.2) is 9.67 Å². The molecule has 0 fully saturated rings. The van der Waals surface area contributed by atoms with Gasteiger partial charge in [-0.05, 0) is 27.2 Å². The van der Waals surface area contributed by atoms with E-state index in [1.807, 2.05) is 27.7 Å². The lowest BCUT2D eigenvalue weighted by Gasteiger charge is -2.26. The Labute approximate surface area is 114 Å². The molecule has 0 spiro atoms. The molecule has 1 amide bonds. The number of aryl methyl sites for hydroxylation is 1. The Morgan fingerprint density at radius 1 is 1.53 bits per heavy atom. The zero-order chi connectivity index (χ0) is 14.5. The average Bonchev–Trinajstić information content (AvgIpc) is 2.83. The van der Waals surface area contributed by atoms with Crippen molar-refractivity contribution in [1.82, 2.24) is 20.1 Å². The van der Waals surface area contributed by atoms with Crippen LogP contribution in [0.3, 0.4) is 0 Å².